The minimum Gasteiger partial charge on any atom is -0.496 e. The first kappa shape index (κ1) is 13.4. The molecule has 0 spiro atoms. The van der Waals surface area contributed by atoms with E-state index in [2.05, 4.69) is 37.4 Å². The lowest BCUT2D eigenvalue weighted by molar-refractivity contribution is 0.259. The maximum atomic E-state index is 5.55. The first-order valence-electron chi connectivity index (χ1n) is 7.12. The Morgan fingerprint density at radius 2 is 2.17 bits per heavy atom. The first-order valence-corrected chi connectivity index (χ1v) is 7.12. The third kappa shape index (κ3) is 3.05. The lowest BCUT2D eigenvalue weighted by Gasteiger charge is -2.31. The molecule has 100 valence electrons. The molecule has 2 heteroatoms. The van der Waals surface area contributed by atoms with Crippen LogP contribution in [0, 0.1) is 12.8 Å². The predicted molar refractivity (Wildman–Crippen MR) is 76.1 cm³/mol. The van der Waals surface area contributed by atoms with Crippen molar-refractivity contribution in [2.45, 2.75) is 45.6 Å². The van der Waals surface area contributed by atoms with E-state index in [0.717, 1.165) is 18.2 Å². The predicted octanol–water partition coefficient (Wildman–Crippen LogP) is 3.84. The van der Waals surface area contributed by atoms with Gasteiger partial charge in [0.05, 0.1) is 7.11 Å². The van der Waals surface area contributed by atoms with E-state index in [1.165, 1.54) is 36.8 Å². The van der Waals surface area contributed by atoms with Crippen LogP contribution in [0.3, 0.4) is 0 Å². The summed E-state index contributed by atoms with van der Waals surface area (Å²) in [4.78, 5) is 0. The van der Waals surface area contributed by atoms with Gasteiger partial charge in [0.2, 0.25) is 0 Å². The number of methoxy groups -OCH3 is 1. The Labute approximate surface area is 111 Å². The summed E-state index contributed by atoms with van der Waals surface area (Å²) in [6.45, 7) is 5.29. The van der Waals surface area contributed by atoms with Crippen molar-refractivity contribution in [2.75, 3.05) is 13.7 Å². The van der Waals surface area contributed by atoms with Crippen LogP contribution in [0.1, 0.15) is 49.8 Å². The second kappa shape index (κ2) is 6.24. The molecule has 1 unspecified atom stereocenters. The van der Waals surface area contributed by atoms with Gasteiger partial charge in [-0.15, -0.1) is 0 Å². The highest BCUT2D eigenvalue weighted by molar-refractivity contribution is 5.39. The minimum atomic E-state index is 0.441. The average Bonchev–Trinajstić information content (AvgIpc) is 2.32. The van der Waals surface area contributed by atoms with Crippen LogP contribution in [0.15, 0.2) is 18.2 Å². The van der Waals surface area contributed by atoms with Crippen molar-refractivity contribution in [1.82, 2.24) is 5.32 Å². The third-order valence-electron chi connectivity index (χ3n) is 4.01. The Balaban J connectivity index is 2.17. The SMILES string of the molecule is CCNC(CC1CCC1)c1ccc(C)cc1OC. The van der Waals surface area contributed by atoms with E-state index < -0.39 is 0 Å². The average molecular weight is 247 g/mol. The molecule has 1 aliphatic rings. The Morgan fingerprint density at radius 1 is 1.39 bits per heavy atom. The lowest BCUT2D eigenvalue weighted by atomic mass is 9.79. The summed E-state index contributed by atoms with van der Waals surface area (Å²) >= 11 is 0. The zero-order valence-corrected chi connectivity index (χ0v) is 11.8. The van der Waals surface area contributed by atoms with Crippen molar-refractivity contribution in [1.29, 1.82) is 0 Å². The van der Waals surface area contributed by atoms with E-state index in [1.807, 2.05) is 0 Å². The summed E-state index contributed by atoms with van der Waals surface area (Å²) in [5.41, 5.74) is 2.58. The van der Waals surface area contributed by atoms with Crippen molar-refractivity contribution in [2.24, 2.45) is 5.92 Å². The van der Waals surface area contributed by atoms with Crippen molar-refractivity contribution in [3.05, 3.63) is 29.3 Å². The molecule has 1 atom stereocenters. The second-order valence-corrected chi connectivity index (χ2v) is 5.39. The molecular formula is C16H25NO. The van der Waals surface area contributed by atoms with E-state index in [1.54, 1.807) is 7.11 Å². The molecule has 0 heterocycles. The quantitative estimate of drug-likeness (QED) is 0.824. The number of ether oxygens (including phenoxy) is 1. The summed E-state index contributed by atoms with van der Waals surface area (Å²) in [6.07, 6.45) is 5.45. The topological polar surface area (TPSA) is 21.3 Å². The summed E-state index contributed by atoms with van der Waals surface area (Å²) in [5.74, 6) is 1.93. The monoisotopic (exact) mass is 247 g/mol. The number of hydrogen-bond acceptors (Lipinski definition) is 2. The molecule has 0 saturated heterocycles. The van der Waals surface area contributed by atoms with Gasteiger partial charge in [-0.25, -0.2) is 0 Å². The van der Waals surface area contributed by atoms with Gasteiger partial charge < -0.3 is 10.1 Å². The lowest BCUT2D eigenvalue weighted by Crippen LogP contribution is -2.26. The van der Waals surface area contributed by atoms with Gasteiger partial charge in [0.1, 0.15) is 5.75 Å². The van der Waals surface area contributed by atoms with Gasteiger partial charge in [0, 0.05) is 11.6 Å². The molecule has 0 bridgehead atoms. The highest BCUT2D eigenvalue weighted by Gasteiger charge is 2.24. The van der Waals surface area contributed by atoms with E-state index in [4.69, 9.17) is 4.74 Å². The molecule has 1 aliphatic carbocycles. The number of nitrogens with one attached hydrogen (secondary N) is 1. The number of aryl methyl sites for hydroxylation is 1. The van der Waals surface area contributed by atoms with Gasteiger partial charge in [0.15, 0.2) is 0 Å². The fourth-order valence-electron chi connectivity index (χ4n) is 2.73. The van der Waals surface area contributed by atoms with Crippen LogP contribution in [-0.4, -0.2) is 13.7 Å². The number of hydrogen-bond donors (Lipinski definition) is 1. The molecule has 2 nitrogen and oxygen atoms in total. The minimum absolute atomic E-state index is 0.441. The standard InChI is InChI=1S/C16H25NO/c1-4-17-15(11-13-6-5-7-13)14-9-8-12(2)10-16(14)18-3/h8-10,13,15,17H,4-7,11H2,1-3H3. The van der Waals surface area contributed by atoms with Crippen LogP contribution in [0.25, 0.3) is 0 Å². The second-order valence-electron chi connectivity index (χ2n) is 5.39. The van der Waals surface area contributed by atoms with Crippen LogP contribution in [0.4, 0.5) is 0 Å². The van der Waals surface area contributed by atoms with Crippen LogP contribution in [0.5, 0.6) is 5.75 Å². The summed E-state index contributed by atoms with van der Waals surface area (Å²) < 4.78 is 5.55. The summed E-state index contributed by atoms with van der Waals surface area (Å²) in [7, 11) is 1.77. The normalized spacial score (nSPS) is 17.3. The van der Waals surface area contributed by atoms with Gasteiger partial charge in [-0.1, -0.05) is 38.3 Å². The molecule has 2 rings (SSSR count). The molecule has 1 saturated carbocycles. The Kier molecular flexibility index (Phi) is 4.65. The van der Waals surface area contributed by atoms with Gasteiger partial charge >= 0.3 is 0 Å². The van der Waals surface area contributed by atoms with Gasteiger partial charge in [0.25, 0.3) is 0 Å². The molecule has 18 heavy (non-hydrogen) atoms. The van der Waals surface area contributed by atoms with Crippen molar-refractivity contribution < 1.29 is 4.74 Å². The molecule has 0 amide bonds. The summed E-state index contributed by atoms with van der Waals surface area (Å²) in [5, 5.41) is 3.61. The molecule has 1 aromatic carbocycles. The molecular weight excluding hydrogens is 222 g/mol. The molecule has 1 aromatic rings. The molecule has 1 N–H and O–H groups in total. The van der Waals surface area contributed by atoms with Crippen molar-refractivity contribution >= 4 is 0 Å². The Morgan fingerprint density at radius 3 is 2.72 bits per heavy atom. The van der Waals surface area contributed by atoms with Crippen LogP contribution in [0.2, 0.25) is 0 Å². The van der Waals surface area contributed by atoms with E-state index >= 15 is 0 Å². The van der Waals surface area contributed by atoms with Gasteiger partial charge in [-0.3, -0.25) is 0 Å². The van der Waals surface area contributed by atoms with Crippen molar-refractivity contribution in [3.63, 3.8) is 0 Å². The third-order valence-corrected chi connectivity index (χ3v) is 4.01. The van der Waals surface area contributed by atoms with Gasteiger partial charge in [-0.2, -0.15) is 0 Å². The highest BCUT2D eigenvalue weighted by Crippen LogP contribution is 2.37. The molecule has 0 radical (unpaired) electrons. The van der Waals surface area contributed by atoms with E-state index in [-0.39, 0.29) is 0 Å². The molecule has 0 aliphatic heterocycles. The smallest absolute Gasteiger partial charge is 0.123 e. The Bertz CT molecular complexity index is 385. The highest BCUT2D eigenvalue weighted by atomic mass is 16.5. The van der Waals surface area contributed by atoms with Crippen LogP contribution < -0.4 is 10.1 Å². The zero-order chi connectivity index (χ0) is 13.0. The van der Waals surface area contributed by atoms with Crippen molar-refractivity contribution in [3.8, 4) is 5.75 Å². The van der Waals surface area contributed by atoms with Gasteiger partial charge in [-0.05, 0) is 37.4 Å². The Hall–Kier alpha value is -1.02. The molecule has 1 fully saturated rings. The molecule has 0 aromatic heterocycles. The summed E-state index contributed by atoms with van der Waals surface area (Å²) in [6, 6.07) is 6.99. The van der Waals surface area contributed by atoms with Crippen LogP contribution in [-0.2, 0) is 0 Å². The fourth-order valence-corrected chi connectivity index (χ4v) is 2.73. The largest absolute Gasteiger partial charge is 0.496 e. The maximum Gasteiger partial charge on any atom is 0.123 e. The van der Waals surface area contributed by atoms with E-state index in [0.29, 0.717) is 6.04 Å². The van der Waals surface area contributed by atoms with Crippen LogP contribution >= 0.6 is 0 Å². The number of rotatable bonds is 6. The number of benzene rings is 1. The first-order chi connectivity index (χ1) is 8.74. The fraction of sp³-hybridized carbons (Fsp3) is 0.625. The zero-order valence-electron chi connectivity index (χ0n) is 11.8. The van der Waals surface area contributed by atoms with E-state index in [9.17, 15) is 0 Å². The maximum absolute atomic E-state index is 5.55.